The Morgan fingerprint density at radius 2 is 1.76 bits per heavy atom. The molecule has 1 aliphatic carbocycles. The zero-order valence-electron chi connectivity index (χ0n) is 13.7. The second-order valence-electron chi connectivity index (χ2n) is 6.42. The first-order chi connectivity index (χ1) is 10.1. The van der Waals surface area contributed by atoms with Crippen molar-refractivity contribution in [3.8, 4) is 5.75 Å². The topological polar surface area (TPSA) is 30.5 Å². The van der Waals surface area contributed by atoms with E-state index < -0.39 is 0 Å². The lowest BCUT2D eigenvalue weighted by Crippen LogP contribution is -2.46. The molecule has 1 aliphatic rings. The lowest BCUT2D eigenvalue weighted by Gasteiger charge is -2.38. The molecule has 0 amide bonds. The summed E-state index contributed by atoms with van der Waals surface area (Å²) in [5, 5.41) is 3.57. The van der Waals surface area contributed by atoms with Gasteiger partial charge in [-0.3, -0.25) is 0 Å². The summed E-state index contributed by atoms with van der Waals surface area (Å²) in [4.78, 5) is 0. The van der Waals surface area contributed by atoms with E-state index in [-0.39, 0.29) is 5.60 Å². The fraction of sp³-hybridized carbons (Fsp3) is 0.667. The minimum atomic E-state index is 0.0163. The molecule has 0 bridgehead atoms. The van der Waals surface area contributed by atoms with Crippen LogP contribution in [0.3, 0.4) is 0 Å². The van der Waals surface area contributed by atoms with E-state index in [1.54, 1.807) is 7.11 Å². The van der Waals surface area contributed by atoms with Gasteiger partial charge in [-0.2, -0.15) is 0 Å². The van der Waals surface area contributed by atoms with E-state index in [4.69, 9.17) is 9.47 Å². The van der Waals surface area contributed by atoms with Crippen molar-refractivity contribution in [3.05, 3.63) is 29.8 Å². The third-order valence-electron chi connectivity index (χ3n) is 4.30. The van der Waals surface area contributed by atoms with Crippen LogP contribution in [0.4, 0.5) is 0 Å². The smallest absolute Gasteiger partial charge is 0.118 e. The molecule has 1 aromatic carbocycles. The highest BCUT2D eigenvalue weighted by atomic mass is 16.5. The van der Waals surface area contributed by atoms with Crippen LogP contribution in [0, 0.1) is 0 Å². The summed E-state index contributed by atoms with van der Waals surface area (Å²) in [6, 6.07) is 8.68. The average Bonchev–Trinajstić information content (AvgIpc) is 2.53. The van der Waals surface area contributed by atoms with Gasteiger partial charge in [-0.25, -0.2) is 0 Å². The van der Waals surface area contributed by atoms with Crippen LogP contribution in [0.5, 0.6) is 5.75 Å². The molecular weight excluding hydrogens is 262 g/mol. The van der Waals surface area contributed by atoms with Crippen LogP contribution >= 0.6 is 0 Å². The SMILES string of the molecule is COc1ccc(COC2(CNC(C)C)CCCCC2)cc1. The molecule has 2 rings (SSSR count). The third kappa shape index (κ3) is 5.01. The van der Waals surface area contributed by atoms with Crippen molar-refractivity contribution in [1.82, 2.24) is 5.32 Å². The average molecular weight is 291 g/mol. The first-order valence-corrected chi connectivity index (χ1v) is 8.14. The predicted molar refractivity (Wildman–Crippen MR) is 86.7 cm³/mol. The Hall–Kier alpha value is -1.06. The van der Waals surface area contributed by atoms with Crippen LogP contribution < -0.4 is 10.1 Å². The summed E-state index contributed by atoms with van der Waals surface area (Å²) in [7, 11) is 1.69. The molecule has 3 heteroatoms. The molecular formula is C18H29NO2. The summed E-state index contributed by atoms with van der Waals surface area (Å²) in [6.45, 7) is 6.03. The van der Waals surface area contributed by atoms with Crippen LogP contribution in [0.2, 0.25) is 0 Å². The molecule has 0 aromatic heterocycles. The van der Waals surface area contributed by atoms with Gasteiger partial charge in [0.2, 0.25) is 0 Å². The van der Waals surface area contributed by atoms with Crippen molar-refractivity contribution < 1.29 is 9.47 Å². The van der Waals surface area contributed by atoms with Crippen molar-refractivity contribution in [1.29, 1.82) is 0 Å². The van der Waals surface area contributed by atoms with E-state index in [1.165, 1.54) is 37.7 Å². The maximum atomic E-state index is 6.38. The van der Waals surface area contributed by atoms with E-state index in [9.17, 15) is 0 Å². The van der Waals surface area contributed by atoms with Gasteiger partial charge in [-0.15, -0.1) is 0 Å². The molecule has 1 saturated carbocycles. The number of hydrogen-bond acceptors (Lipinski definition) is 3. The fourth-order valence-electron chi connectivity index (χ4n) is 2.92. The monoisotopic (exact) mass is 291 g/mol. The molecule has 3 nitrogen and oxygen atoms in total. The minimum absolute atomic E-state index is 0.0163. The van der Waals surface area contributed by atoms with Crippen molar-refractivity contribution in [3.63, 3.8) is 0 Å². The number of ether oxygens (including phenoxy) is 2. The van der Waals surface area contributed by atoms with Crippen molar-refractivity contribution in [2.45, 2.75) is 64.2 Å². The molecule has 1 aromatic rings. The molecule has 118 valence electrons. The standard InChI is InChI=1S/C18H29NO2/c1-15(2)19-14-18(11-5-4-6-12-18)21-13-16-7-9-17(20-3)10-8-16/h7-10,15,19H,4-6,11-14H2,1-3H3. The van der Waals surface area contributed by atoms with Gasteiger partial charge in [0.1, 0.15) is 5.75 Å². The van der Waals surface area contributed by atoms with Gasteiger partial charge in [-0.05, 0) is 30.5 Å². The molecule has 0 spiro atoms. The number of benzene rings is 1. The lowest BCUT2D eigenvalue weighted by atomic mass is 9.84. The molecule has 1 fully saturated rings. The summed E-state index contributed by atoms with van der Waals surface area (Å²) in [5.41, 5.74) is 1.23. The summed E-state index contributed by atoms with van der Waals surface area (Å²) in [5.74, 6) is 0.896. The van der Waals surface area contributed by atoms with E-state index >= 15 is 0 Å². The molecule has 21 heavy (non-hydrogen) atoms. The van der Waals surface area contributed by atoms with Gasteiger partial charge in [0.15, 0.2) is 0 Å². The number of hydrogen-bond donors (Lipinski definition) is 1. The van der Waals surface area contributed by atoms with Gasteiger partial charge in [-0.1, -0.05) is 45.2 Å². The largest absolute Gasteiger partial charge is 0.497 e. The molecule has 0 radical (unpaired) electrons. The maximum absolute atomic E-state index is 6.38. The van der Waals surface area contributed by atoms with Crippen LogP contribution in [-0.2, 0) is 11.3 Å². The maximum Gasteiger partial charge on any atom is 0.118 e. The second-order valence-corrected chi connectivity index (χ2v) is 6.42. The van der Waals surface area contributed by atoms with E-state index in [0.717, 1.165) is 12.3 Å². The highest BCUT2D eigenvalue weighted by molar-refractivity contribution is 5.26. The first kappa shape index (κ1) is 16.3. The second kappa shape index (κ2) is 7.81. The van der Waals surface area contributed by atoms with Crippen molar-refractivity contribution in [2.75, 3.05) is 13.7 Å². The van der Waals surface area contributed by atoms with Crippen molar-refractivity contribution >= 4 is 0 Å². The van der Waals surface area contributed by atoms with Crippen LogP contribution in [-0.4, -0.2) is 25.3 Å². The molecule has 0 aliphatic heterocycles. The fourth-order valence-corrected chi connectivity index (χ4v) is 2.92. The highest BCUT2D eigenvalue weighted by Crippen LogP contribution is 2.32. The van der Waals surface area contributed by atoms with E-state index in [2.05, 4.69) is 31.3 Å². The normalized spacial score (nSPS) is 17.9. The molecule has 0 heterocycles. The van der Waals surface area contributed by atoms with Gasteiger partial charge in [0.25, 0.3) is 0 Å². The van der Waals surface area contributed by atoms with Gasteiger partial charge in [0, 0.05) is 12.6 Å². The zero-order chi connectivity index (χ0) is 15.1. The van der Waals surface area contributed by atoms with Gasteiger partial charge < -0.3 is 14.8 Å². The quantitative estimate of drug-likeness (QED) is 0.826. The number of methoxy groups -OCH3 is 1. The van der Waals surface area contributed by atoms with Crippen LogP contribution in [0.25, 0.3) is 0 Å². The molecule has 0 atom stereocenters. The Balaban J connectivity index is 1.94. The Morgan fingerprint density at radius 3 is 2.33 bits per heavy atom. The summed E-state index contributed by atoms with van der Waals surface area (Å²) < 4.78 is 11.6. The number of nitrogens with one attached hydrogen (secondary N) is 1. The molecule has 1 N–H and O–H groups in total. The Morgan fingerprint density at radius 1 is 1.10 bits per heavy atom. The lowest BCUT2D eigenvalue weighted by molar-refractivity contribution is -0.0794. The van der Waals surface area contributed by atoms with Crippen LogP contribution in [0.15, 0.2) is 24.3 Å². The summed E-state index contributed by atoms with van der Waals surface area (Å²) >= 11 is 0. The zero-order valence-corrected chi connectivity index (χ0v) is 13.7. The molecule has 0 saturated heterocycles. The Kier molecular flexibility index (Phi) is 6.07. The minimum Gasteiger partial charge on any atom is -0.497 e. The van der Waals surface area contributed by atoms with Gasteiger partial charge in [0.05, 0.1) is 19.3 Å². The van der Waals surface area contributed by atoms with E-state index in [0.29, 0.717) is 12.6 Å². The first-order valence-electron chi connectivity index (χ1n) is 8.14. The third-order valence-corrected chi connectivity index (χ3v) is 4.30. The van der Waals surface area contributed by atoms with Gasteiger partial charge >= 0.3 is 0 Å². The predicted octanol–water partition coefficient (Wildman–Crippen LogP) is 3.91. The molecule has 0 unspecified atom stereocenters. The highest BCUT2D eigenvalue weighted by Gasteiger charge is 2.32. The van der Waals surface area contributed by atoms with E-state index in [1.807, 2.05) is 12.1 Å². The Labute approximate surface area is 129 Å². The number of rotatable bonds is 7. The van der Waals surface area contributed by atoms with Crippen LogP contribution in [0.1, 0.15) is 51.5 Å². The Bertz CT molecular complexity index is 408. The van der Waals surface area contributed by atoms with Crippen molar-refractivity contribution in [2.24, 2.45) is 0 Å². The summed E-state index contributed by atoms with van der Waals surface area (Å²) in [6.07, 6.45) is 6.24.